The van der Waals surface area contributed by atoms with E-state index in [4.69, 9.17) is 34.0 Å². The van der Waals surface area contributed by atoms with E-state index in [-0.39, 0.29) is 44.6 Å². The number of anilines is 1. The van der Waals surface area contributed by atoms with E-state index in [0.717, 1.165) is 27.8 Å². The van der Waals surface area contributed by atoms with Crippen LogP contribution >= 0.6 is 0 Å². The molecule has 0 spiro atoms. The Labute approximate surface area is 457 Å². The highest BCUT2D eigenvalue weighted by Crippen LogP contribution is 2.37. The minimum Gasteiger partial charge on any atom is -0.467 e. The van der Waals surface area contributed by atoms with E-state index in [0.29, 0.717) is 91.1 Å². The van der Waals surface area contributed by atoms with E-state index >= 15 is 0 Å². The molecule has 0 fully saturated rings. The van der Waals surface area contributed by atoms with Crippen molar-refractivity contribution in [1.29, 1.82) is 0 Å². The maximum atomic E-state index is 14.4. The third-order valence-corrected chi connectivity index (χ3v) is 12.4. The van der Waals surface area contributed by atoms with Crippen molar-refractivity contribution in [3.63, 3.8) is 0 Å². The number of azide groups is 1. The van der Waals surface area contributed by atoms with E-state index < -0.39 is 47.4 Å². The Morgan fingerprint density at radius 1 is 0.590 bits per heavy atom. The number of hydrogen-bond acceptors (Lipinski definition) is 14. The van der Waals surface area contributed by atoms with Crippen molar-refractivity contribution in [3.8, 4) is 0 Å². The standard InChI is InChI=1S/C59H75N7O12/c1-45-21-25-50(26-22-45)59(48-16-8-4-9-17-48,49-18-10-5-11-19-49)61-30-13-12-20-52(56(69)63-51-27-23-47(24-28-51)55(68)58(71)72-2)65-57(70)53(44-46-14-6-3-7-15-46)64-54(67)29-32-73-34-36-75-38-40-77-42-43-78-41-39-76-37-35-74-33-31-62-66-60/h3-11,14-19,21-28,52-53,55,61,68H,12-13,20,29-44H2,1-2H3,(H,63,69)(H,64,67)(H,65,70)/t52-,53-,55?/m0/s1. The summed E-state index contributed by atoms with van der Waals surface area (Å²) >= 11 is 0. The minimum atomic E-state index is -1.50. The monoisotopic (exact) mass is 1070 g/mol. The second-order valence-corrected chi connectivity index (χ2v) is 18.1. The lowest BCUT2D eigenvalue weighted by Gasteiger charge is -2.37. The van der Waals surface area contributed by atoms with Gasteiger partial charge in [-0.25, -0.2) is 4.79 Å². The molecule has 0 saturated heterocycles. The van der Waals surface area contributed by atoms with E-state index in [1.807, 2.05) is 66.7 Å². The molecule has 19 heteroatoms. The number of esters is 1. The molecule has 0 aliphatic rings. The Morgan fingerprint density at radius 3 is 1.62 bits per heavy atom. The molecule has 78 heavy (non-hydrogen) atoms. The van der Waals surface area contributed by atoms with Crippen molar-refractivity contribution in [1.82, 2.24) is 16.0 Å². The zero-order valence-electron chi connectivity index (χ0n) is 44.7. The number of aliphatic hydroxyl groups excluding tert-OH is 1. The Kier molecular flexibility index (Phi) is 28.6. The molecule has 0 aliphatic carbocycles. The molecule has 5 aromatic carbocycles. The molecule has 5 N–H and O–H groups in total. The summed E-state index contributed by atoms with van der Waals surface area (Å²) in [7, 11) is 1.18. The number of aryl methyl sites for hydroxylation is 1. The molecule has 418 valence electrons. The first kappa shape index (κ1) is 61.8. The molecule has 0 bridgehead atoms. The number of amides is 3. The number of aliphatic hydroxyl groups is 1. The Hall–Kier alpha value is -7.03. The molecule has 0 aromatic heterocycles. The van der Waals surface area contributed by atoms with Crippen LogP contribution in [0.25, 0.3) is 10.4 Å². The third-order valence-electron chi connectivity index (χ3n) is 12.4. The maximum Gasteiger partial charge on any atom is 0.339 e. The highest BCUT2D eigenvalue weighted by Gasteiger charge is 2.36. The molecule has 5 rings (SSSR count). The van der Waals surface area contributed by atoms with Crippen molar-refractivity contribution in [2.75, 3.05) is 105 Å². The van der Waals surface area contributed by atoms with Gasteiger partial charge in [0, 0.05) is 30.0 Å². The number of carbonyl (C=O) groups is 4. The molecule has 3 atom stereocenters. The molecule has 0 aliphatic heterocycles. The number of ether oxygens (including phenoxy) is 7. The summed E-state index contributed by atoms with van der Waals surface area (Å²) in [5.74, 6) is -2.25. The van der Waals surface area contributed by atoms with Gasteiger partial charge < -0.3 is 54.2 Å². The third kappa shape index (κ3) is 21.8. The second-order valence-electron chi connectivity index (χ2n) is 18.1. The lowest BCUT2D eigenvalue weighted by Crippen LogP contribution is -2.53. The van der Waals surface area contributed by atoms with Gasteiger partial charge in [-0.05, 0) is 78.2 Å². The lowest BCUT2D eigenvalue weighted by molar-refractivity contribution is -0.150. The van der Waals surface area contributed by atoms with Gasteiger partial charge in [0.1, 0.15) is 12.1 Å². The highest BCUT2D eigenvalue weighted by atomic mass is 16.6. The van der Waals surface area contributed by atoms with Crippen LogP contribution in [0.15, 0.2) is 145 Å². The van der Waals surface area contributed by atoms with Gasteiger partial charge in [-0.3, -0.25) is 19.7 Å². The first-order valence-corrected chi connectivity index (χ1v) is 26.4. The molecule has 0 saturated carbocycles. The van der Waals surface area contributed by atoms with E-state index in [9.17, 15) is 24.3 Å². The van der Waals surface area contributed by atoms with Crippen LogP contribution in [0.3, 0.4) is 0 Å². The molecule has 0 heterocycles. The van der Waals surface area contributed by atoms with Gasteiger partial charge in [-0.15, -0.1) is 0 Å². The summed E-state index contributed by atoms with van der Waals surface area (Å²) in [6.45, 7) is 7.08. The molecular formula is C59H75N7O12. The van der Waals surface area contributed by atoms with E-state index in [1.54, 1.807) is 12.1 Å². The topological polar surface area (TPSA) is 250 Å². The summed E-state index contributed by atoms with van der Waals surface area (Å²) in [5, 5.41) is 26.4. The largest absolute Gasteiger partial charge is 0.467 e. The summed E-state index contributed by atoms with van der Waals surface area (Å²) in [4.78, 5) is 56.7. The van der Waals surface area contributed by atoms with Crippen LogP contribution in [0.5, 0.6) is 0 Å². The number of benzene rings is 5. The summed E-state index contributed by atoms with van der Waals surface area (Å²) in [5.41, 5.74) is 13.4. The Balaban J connectivity index is 1.15. The zero-order chi connectivity index (χ0) is 55.5. The number of nitrogens with zero attached hydrogens (tertiary/aromatic N) is 3. The number of methoxy groups -OCH3 is 1. The summed E-state index contributed by atoms with van der Waals surface area (Å²) in [6, 6.07) is 42.5. The number of rotatable bonds is 39. The predicted molar refractivity (Wildman–Crippen MR) is 295 cm³/mol. The summed E-state index contributed by atoms with van der Waals surface area (Å²) < 4.78 is 37.6. The van der Waals surface area contributed by atoms with Crippen LogP contribution in [-0.4, -0.2) is 140 Å². The van der Waals surface area contributed by atoms with Crippen molar-refractivity contribution < 1.29 is 57.4 Å². The van der Waals surface area contributed by atoms with Gasteiger partial charge in [0.2, 0.25) is 17.7 Å². The zero-order valence-corrected chi connectivity index (χ0v) is 44.7. The summed E-state index contributed by atoms with van der Waals surface area (Å²) in [6.07, 6.45) is 0.0595. The molecule has 3 amide bonds. The number of nitrogens with one attached hydrogen (secondary N) is 4. The van der Waals surface area contributed by atoms with Crippen LogP contribution in [0.4, 0.5) is 5.69 Å². The predicted octanol–water partition coefficient (Wildman–Crippen LogP) is 6.90. The van der Waals surface area contributed by atoms with Crippen LogP contribution < -0.4 is 21.3 Å². The molecule has 1 unspecified atom stereocenters. The van der Waals surface area contributed by atoms with Crippen LogP contribution in [0, 0.1) is 6.92 Å². The fourth-order valence-corrected chi connectivity index (χ4v) is 8.34. The second kappa shape index (κ2) is 36.1. The highest BCUT2D eigenvalue weighted by molar-refractivity contribution is 5.98. The van der Waals surface area contributed by atoms with Crippen LogP contribution in [0.1, 0.15) is 65.2 Å². The first-order valence-electron chi connectivity index (χ1n) is 26.4. The van der Waals surface area contributed by atoms with Crippen molar-refractivity contribution in [3.05, 3.63) is 183 Å². The van der Waals surface area contributed by atoms with Gasteiger partial charge >= 0.3 is 5.97 Å². The fraction of sp³-hybridized carbons (Fsp3) is 0.424. The minimum absolute atomic E-state index is 0.0208. The quantitative estimate of drug-likeness (QED) is 0.00672. The average Bonchev–Trinajstić information content (AvgIpc) is 3.60. The number of hydrogen-bond donors (Lipinski definition) is 5. The lowest BCUT2D eigenvalue weighted by atomic mass is 9.76. The molecular weight excluding hydrogens is 999 g/mol. The van der Waals surface area contributed by atoms with Crippen LogP contribution in [0.2, 0.25) is 0 Å². The SMILES string of the molecule is COC(=O)C(O)c1ccc(NC(=O)[C@H](CCCCNC(c2ccccc2)(c2ccccc2)c2ccc(C)cc2)NC(=O)[C@H](Cc2ccccc2)NC(=O)CCOCCOCCOCCOCCOCCOCCN=[N+]=[N-])cc1. The van der Waals surface area contributed by atoms with Gasteiger partial charge in [0.15, 0.2) is 6.10 Å². The van der Waals surface area contributed by atoms with Crippen LogP contribution in [-0.2, 0) is 64.3 Å². The smallest absolute Gasteiger partial charge is 0.339 e. The van der Waals surface area contributed by atoms with Crippen molar-refractivity contribution in [2.45, 2.75) is 62.8 Å². The fourth-order valence-electron chi connectivity index (χ4n) is 8.34. The Morgan fingerprint density at radius 2 is 1.09 bits per heavy atom. The van der Waals surface area contributed by atoms with Crippen molar-refractivity contribution in [2.24, 2.45) is 5.11 Å². The molecule has 0 radical (unpaired) electrons. The Bertz CT molecular complexity index is 2500. The van der Waals surface area contributed by atoms with E-state index in [2.05, 4.69) is 91.5 Å². The van der Waals surface area contributed by atoms with Crippen molar-refractivity contribution >= 4 is 29.4 Å². The number of unbranched alkanes of at least 4 members (excludes halogenated alkanes) is 1. The first-order chi connectivity index (χ1) is 38.1. The normalized spacial score (nSPS) is 12.4. The van der Waals surface area contributed by atoms with E-state index in [1.165, 1.54) is 19.2 Å². The van der Waals surface area contributed by atoms with Gasteiger partial charge in [-0.2, -0.15) is 0 Å². The molecule has 5 aromatic rings. The molecule has 19 nitrogen and oxygen atoms in total. The maximum absolute atomic E-state index is 14.4. The van der Waals surface area contributed by atoms with Gasteiger partial charge in [-0.1, -0.05) is 138 Å². The average molecular weight is 1070 g/mol. The van der Waals surface area contributed by atoms with Gasteiger partial charge in [0.05, 0.1) is 91.9 Å². The van der Waals surface area contributed by atoms with Gasteiger partial charge in [0.25, 0.3) is 0 Å². The number of carbonyl (C=O) groups excluding carboxylic acids is 4.